The molecule has 4 aromatic rings. The van der Waals surface area contributed by atoms with Gasteiger partial charge in [-0.2, -0.15) is 5.10 Å². The van der Waals surface area contributed by atoms with Gasteiger partial charge in [0.2, 0.25) is 5.91 Å². The number of nitrogens with zero attached hydrogens (tertiary/aromatic N) is 3. The number of ether oxygens (including phenoxy) is 1. The van der Waals surface area contributed by atoms with Gasteiger partial charge in [0.05, 0.1) is 25.8 Å². The summed E-state index contributed by atoms with van der Waals surface area (Å²) in [6.07, 6.45) is 5.09. The molecule has 3 atom stereocenters. The van der Waals surface area contributed by atoms with Crippen LogP contribution in [0.2, 0.25) is 0 Å². The van der Waals surface area contributed by atoms with Gasteiger partial charge >= 0.3 is 11.9 Å². The molecular weight excluding hydrogens is 612 g/mol. The molecule has 2 amide bonds. The number of aliphatic carboxylic acids is 2. The van der Waals surface area contributed by atoms with Crippen LogP contribution in [0.1, 0.15) is 64.2 Å². The smallest absolute Gasteiger partial charge is 0.326 e. The van der Waals surface area contributed by atoms with Gasteiger partial charge in [0.25, 0.3) is 5.91 Å². The van der Waals surface area contributed by atoms with Crippen molar-refractivity contribution in [1.82, 2.24) is 15.1 Å². The highest BCUT2D eigenvalue weighted by atomic mass is 16.5. The van der Waals surface area contributed by atoms with E-state index in [4.69, 9.17) is 9.84 Å². The van der Waals surface area contributed by atoms with Gasteiger partial charge in [0, 0.05) is 36.0 Å². The molecular formula is C37H38N4O7. The molecule has 0 radical (unpaired) electrons. The summed E-state index contributed by atoms with van der Waals surface area (Å²) in [7, 11) is 0. The average Bonchev–Trinajstić information content (AvgIpc) is 3.71. The van der Waals surface area contributed by atoms with E-state index in [9.17, 15) is 24.3 Å². The van der Waals surface area contributed by atoms with Crippen molar-refractivity contribution in [3.63, 3.8) is 0 Å². The van der Waals surface area contributed by atoms with Crippen molar-refractivity contribution in [2.45, 2.75) is 58.0 Å². The number of aryl methyl sites for hydroxylation is 1. The molecule has 0 spiro atoms. The zero-order chi connectivity index (χ0) is 33.9. The Kier molecular flexibility index (Phi) is 9.29. The Labute approximate surface area is 278 Å². The molecule has 0 saturated heterocycles. The maximum Gasteiger partial charge on any atom is 0.326 e. The van der Waals surface area contributed by atoms with Crippen LogP contribution in [0.4, 0.5) is 5.69 Å². The lowest BCUT2D eigenvalue weighted by Crippen LogP contribution is -2.42. The predicted octanol–water partition coefficient (Wildman–Crippen LogP) is 5.18. The van der Waals surface area contributed by atoms with E-state index < -0.39 is 30.3 Å². The number of rotatable bonds is 13. The minimum Gasteiger partial charge on any atom is -0.493 e. The summed E-state index contributed by atoms with van der Waals surface area (Å²) in [4.78, 5) is 50.5. The lowest BCUT2D eigenvalue weighted by molar-refractivity contribution is -0.145. The van der Waals surface area contributed by atoms with E-state index in [2.05, 4.69) is 29.5 Å². The number of nitrogens with one attached hydrogen (secondary N) is 1. The summed E-state index contributed by atoms with van der Waals surface area (Å²) in [5, 5.41) is 25.1. The molecule has 2 aliphatic rings. The quantitative estimate of drug-likeness (QED) is 0.168. The fourth-order valence-corrected chi connectivity index (χ4v) is 6.43. The Bertz CT molecular complexity index is 1880. The first kappa shape index (κ1) is 32.5. The molecule has 6 rings (SSSR count). The van der Waals surface area contributed by atoms with Crippen LogP contribution in [0.15, 0.2) is 73.1 Å². The van der Waals surface area contributed by atoms with E-state index in [1.165, 1.54) is 11.1 Å². The SMILES string of the molecule is Cc1cccc(OCCCC(=O)N2C[C@@H]3C[C@@H]3c3c(-c4cnn(Cc5cccc(C(=O)NC(CC(=O)O)C(=O)O)c5)c4)cccc32)c1C. The van der Waals surface area contributed by atoms with E-state index in [1.807, 2.05) is 48.4 Å². The van der Waals surface area contributed by atoms with Crippen LogP contribution in [0.3, 0.4) is 0 Å². The second-order valence-electron chi connectivity index (χ2n) is 12.6. The molecule has 11 heteroatoms. The Morgan fingerprint density at radius 3 is 2.62 bits per heavy atom. The third-order valence-electron chi connectivity index (χ3n) is 9.19. The van der Waals surface area contributed by atoms with Gasteiger partial charge in [-0.05, 0) is 90.6 Å². The number of carboxylic acid groups (broad SMARTS) is 2. The van der Waals surface area contributed by atoms with E-state index in [0.717, 1.165) is 46.7 Å². The molecule has 1 aliphatic carbocycles. The number of carbonyl (C=O) groups excluding carboxylic acids is 2. The first-order valence-electron chi connectivity index (χ1n) is 16.1. The number of amides is 2. The summed E-state index contributed by atoms with van der Waals surface area (Å²) >= 11 is 0. The minimum absolute atomic E-state index is 0.0977. The van der Waals surface area contributed by atoms with Crippen molar-refractivity contribution >= 4 is 29.4 Å². The van der Waals surface area contributed by atoms with Crippen molar-refractivity contribution in [3.8, 4) is 16.9 Å². The molecule has 1 fully saturated rings. The molecule has 1 unspecified atom stereocenters. The molecule has 11 nitrogen and oxygen atoms in total. The fourth-order valence-electron chi connectivity index (χ4n) is 6.43. The number of hydrogen-bond donors (Lipinski definition) is 3. The molecule has 1 saturated carbocycles. The molecule has 2 heterocycles. The van der Waals surface area contributed by atoms with Gasteiger partial charge in [-0.3, -0.25) is 19.1 Å². The van der Waals surface area contributed by atoms with Crippen molar-refractivity contribution in [3.05, 3.63) is 101 Å². The summed E-state index contributed by atoms with van der Waals surface area (Å²) < 4.78 is 7.76. The highest BCUT2D eigenvalue weighted by molar-refractivity contribution is 5.98. The van der Waals surface area contributed by atoms with Crippen LogP contribution in [0, 0.1) is 19.8 Å². The Balaban J connectivity index is 1.13. The Morgan fingerprint density at radius 1 is 1.04 bits per heavy atom. The van der Waals surface area contributed by atoms with Gasteiger partial charge in [-0.1, -0.05) is 36.4 Å². The van der Waals surface area contributed by atoms with Crippen LogP contribution < -0.4 is 15.0 Å². The number of fused-ring (bicyclic) bond motifs is 3. The second kappa shape index (κ2) is 13.7. The summed E-state index contributed by atoms with van der Waals surface area (Å²) in [6.45, 7) is 5.66. The van der Waals surface area contributed by atoms with E-state index >= 15 is 0 Å². The maximum atomic E-state index is 13.5. The second-order valence-corrected chi connectivity index (χ2v) is 12.6. The van der Waals surface area contributed by atoms with Crippen LogP contribution in [-0.2, 0) is 20.9 Å². The van der Waals surface area contributed by atoms with Gasteiger partial charge in [0.1, 0.15) is 11.8 Å². The van der Waals surface area contributed by atoms with E-state index in [-0.39, 0.29) is 11.5 Å². The summed E-state index contributed by atoms with van der Waals surface area (Å²) in [6, 6.07) is 17.2. The van der Waals surface area contributed by atoms with Gasteiger partial charge in [0.15, 0.2) is 0 Å². The standard InChI is InChI=1S/C37H38N4O7/c1-22-7-3-12-32(23(22)2)48-14-6-13-33(42)41-21-26-16-29(26)35-28(10-5-11-31(35)41)27-18-38-40(20-27)19-24-8-4-9-25(15-24)36(45)39-30(37(46)47)17-34(43)44/h3-5,7-12,15,18,20,26,29-30H,6,13-14,16-17,19,21H2,1-2H3,(H,39,45)(H,43,44)(H,46,47)/t26-,29-,30?/m0/s1. The minimum atomic E-state index is -1.54. The Hall–Kier alpha value is -5.45. The van der Waals surface area contributed by atoms with Crippen molar-refractivity contribution in [2.75, 3.05) is 18.1 Å². The molecule has 248 valence electrons. The Morgan fingerprint density at radius 2 is 1.83 bits per heavy atom. The first-order chi connectivity index (χ1) is 23.1. The number of hydrogen-bond acceptors (Lipinski definition) is 6. The van der Waals surface area contributed by atoms with Gasteiger partial charge < -0.3 is 25.2 Å². The lowest BCUT2D eigenvalue weighted by atomic mass is 9.92. The zero-order valence-electron chi connectivity index (χ0n) is 26.9. The number of aromatic nitrogens is 2. The third-order valence-corrected chi connectivity index (χ3v) is 9.19. The van der Waals surface area contributed by atoms with Crippen LogP contribution >= 0.6 is 0 Å². The van der Waals surface area contributed by atoms with Gasteiger partial charge in [-0.25, -0.2) is 4.79 Å². The topological polar surface area (TPSA) is 151 Å². The molecule has 3 aromatic carbocycles. The number of benzene rings is 3. The number of anilines is 1. The maximum absolute atomic E-state index is 13.5. The number of carboxylic acids is 2. The number of carbonyl (C=O) groups is 4. The van der Waals surface area contributed by atoms with Crippen molar-refractivity contribution in [1.29, 1.82) is 0 Å². The lowest BCUT2D eigenvalue weighted by Gasteiger charge is -2.30. The predicted molar refractivity (Wildman–Crippen MR) is 178 cm³/mol. The molecule has 3 N–H and O–H groups in total. The molecule has 1 aliphatic heterocycles. The normalized spacial score (nSPS) is 16.8. The third kappa shape index (κ3) is 7.10. The van der Waals surface area contributed by atoms with E-state index in [0.29, 0.717) is 37.8 Å². The average molecular weight is 651 g/mol. The van der Waals surface area contributed by atoms with Gasteiger partial charge in [-0.15, -0.1) is 0 Å². The van der Waals surface area contributed by atoms with E-state index in [1.54, 1.807) is 29.1 Å². The molecule has 0 bridgehead atoms. The summed E-state index contributed by atoms with van der Waals surface area (Å²) in [5.74, 6) is -1.61. The molecule has 48 heavy (non-hydrogen) atoms. The monoisotopic (exact) mass is 650 g/mol. The first-order valence-corrected chi connectivity index (χ1v) is 16.1. The molecule has 1 aromatic heterocycles. The zero-order valence-corrected chi connectivity index (χ0v) is 26.9. The highest BCUT2D eigenvalue weighted by Crippen LogP contribution is 2.57. The highest BCUT2D eigenvalue weighted by Gasteiger charge is 2.47. The fraction of sp³-hybridized carbons (Fsp3) is 0.324. The van der Waals surface area contributed by atoms with Crippen LogP contribution in [-0.4, -0.2) is 62.9 Å². The largest absolute Gasteiger partial charge is 0.493 e. The van der Waals surface area contributed by atoms with Crippen LogP contribution in [0.5, 0.6) is 5.75 Å². The van der Waals surface area contributed by atoms with Crippen molar-refractivity contribution in [2.24, 2.45) is 5.92 Å². The summed E-state index contributed by atoms with van der Waals surface area (Å²) in [5.41, 5.74) is 7.39. The van der Waals surface area contributed by atoms with Crippen LogP contribution in [0.25, 0.3) is 11.1 Å². The van der Waals surface area contributed by atoms with Crippen molar-refractivity contribution < 1.29 is 34.1 Å².